The number of nitrogens with zero attached hydrogens (tertiary/aromatic N) is 1. The van der Waals surface area contributed by atoms with E-state index in [0.29, 0.717) is 28.8 Å². The van der Waals surface area contributed by atoms with E-state index >= 15 is 0 Å². The lowest BCUT2D eigenvalue weighted by atomic mass is 10.0. The first-order chi connectivity index (χ1) is 17.0. The van der Waals surface area contributed by atoms with Gasteiger partial charge in [0.15, 0.2) is 0 Å². The van der Waals surface area contributed by atoms with Crippen LogP contribution in [0.25, 0.3) is 10.8 Å². The van der Waals surface area contributed by atoms with Crippen LogP contribution in [-0.4, -0.2) is 43.0 Å². The molecule has 0 fully saturated rings. The largest absolute Gasteiger partial charge is 0.497 e. The fourth-order valence-electron chi connectivity index (χ4n) is 3.55. The van der Waals surface area contributed by atoms with Crippen LogP contribution in [0.2, 0.25) is 0 Å². The summed E-state index contributed by atoms with van der Waals surface area (Å²) in [5, 5.41) is 14.1. The van der Waals surface area contributed by atoms with Crippen LogP contribution in [0.15, 0.2) is 72.9 Å². The molecule has 0 unspecified atom stereocenters. The SMILES string of the molecule is COc1cc(Nc2cc(Oc3ccc(C)c4ccccc34)ccn2)cc(OCCOCC(=O)O)c1. The summed E-state index contributed by atoms with van der Waals surface area (Å²) >= 11 is 0. The first-order valence-electron chi connectivity index (χ1n) is 11.0. The van der Waals surface area contributed by atoms with E-state index < -0.39 is 5.97 Å². The summed E-state index contributed by atoms with van der Waals surface area (Å²) in [6, 6.07) is 21.1. The number of pyridine rings is 1. The number of anilines is 2. The van der Waals surface area contributed by atoms with Gasteiger partial charge in [-0.25, -0.2) is 9.78 Å². The van der Waals surface area contributed by atoms with E-state index in [1.54, 1.807) is 31.5 Å². The van der Waals surface area contributed by atoms with Crippen molar-refractivity contribution < 1.29 is 28.8 Å². The van der Waals surface area contributed by atoms with Crippen molar-refractivity contribution in [3.8, 4) is 23.0 Å². The van der Waals surface area contributed by atoms with Crippen molar-refractivity contribution in [2.45, 2.75) is 6.92 Å². The Labute approximate surface area is 203 Å². The van der Waals surface area contributed by atoms with Crippen molar-refractivity contribution in [2.24, 2.45) is 0 Å². The molecule has 35 heavy (non-hydrogen) atoms. The van der Waals surface area contributed by atoms with E-state index in [2.05, 4.69) is 23.3 Å². The van der Waals surface area contributed by atoms with Gasteiger partial charge in [0.1, 0.15) is 42.0 Å². The third kappa shape index (κ3) is 6.39. The summed E-state index contributed by atoms with van der Waals surface area (Å²) in [5.41, 5.74) is 1.89. The molecule has 0 aliphatic heterocycles. The minimum absolute atomic E-state index is 0.154. The number of benzene rings is 3. The van der Waals surface area contributed by atoms with Gasteiger partial charge in [0.2, 0.25) is 0 Å². The number of aliphatic carboxylic acids is 1. The normalized spacial score (nSPS) is 10.7. The highest BCUT2D eigenvalue weighted by atomic mass is 16.5. The first kappa shape index (κ1) is 23.8. The molecule has 180 valence electrons. The van der Waals surface area contributed by atoms with Gasteiger partial charge >= 0.3 is 5.97 Å². The fraction of sp³-hybridized carbons (Fsp3) is 0.185. The molecule has 0 bridgehead atoms. The number of hydrogen-bond donors (Lipinski definition) is 2. The second kappa shape index (κ2) is 11.2. The van der Waals surface area contributed by atoms with Gasteiger partial charge < -0.3 is 29.4 Å². The zero-order valence-corrected chi connectivity index (χ0v) is 19.5. The Kier molecular flexibility index (Phi) is 7.64. The zero-order chi connectivity index (χ0) is 24.6. The number of aromatic nitrogens is 1. The molecule has 0 spiro atoms. The topological polar surface area (TPSA) is 99.1 Å². The molecule has 8 nitrogen and oxygen atoms in total. The van der Waals surface area contributed by atoms with Gasteiger partial charge in [-0.05, 0) is 30.0 Å². The second-order valence-corrected chi connectivity index (χ2v) is 7.72. The molecule has 1 heterocycles. The van der Waals surface area contributed by atoms with Crippen LogP contribution >= 0.6 is 0 Å². The Morgan fingerprint density at radius 2 is 1.74 bits per heavy atom. The monoisotopic (exact) mass is 474 g/mol. The number of ether oxygens (including phenoxy) is 4. The number of hydrogen-bond acceptors (Lipinski definition) is 7. The molecule has 0 saturated heterocycles. The minimum Gasteiger partial charge on any atom is -0.497 e. The number of carboxylic acid groups (broad SMARTS) is 1. The van der Waals surface area contributed by atoms with Crippen LogP contribution in [0.3, 0.4) is 0 Å². The van der Waals surface area contributed by atoms with Gasteiger partial charge in [0.05, 0.1) is 13.7 Å². The van der Waals surface area contributed by atoms with Crippen LogP contribution in [0.4, 0.5) is 11.5 Å². The summed E-state index contributed by atoms with van der Waals surface area (Å²) < 4.78 is 22.3. The number of aryl methyl sites for hydroxylation is 1. The summed E-state index contributed by atoms with van der Waals surface area (Å²) in [6.45, 7) is 2.07. The lowest BCUT2D eigenvalue weighted by Gasteiger charge is -2.13. The average molecular weight is 475 g/mol. The highest BCUT2D eigenvalue weighted by Crippen LogP contribution is 2.33. The lowest BCUT2D eigenvalue weighted by molar-refractivity contribution is -0.142. The quantitative estimate of drug-likeness (QED) is 0.272. The number of methoxy groups -OCH3 is 1. The molecule has 2 N–H and O–H groups in total. The molecule has 3 aromatic carbocycles. The Morgan fingerprint density at radius 1 is 0.943 bits per heavy atom. The van der Waals surface area contributed by atoms with E-state index in [1.165, 1.54) is 5.56 Å². The second-order valence-electron chi connectivity index (χ2n) is 7.72. The number of carboxylic acids is 1. The van der Waals surface area contributed by atoms with Crippen molar-refractivity contribution in [3.63, 3.8) is 0 Å². The Morgan fingerprint density at radius 3 is 2.54 bits per heavy atom. The molecule has 4 aromatic rings. The van der Waals surface area contributed by atoms with Crippen molar-refractivity contribution in [1.82, 2.24) is 4.98 Å². The molecule has 0 aliphatic carbocycles. The molecule has 4 rings (SSSR count). The third-order valence-electron chi connectivity index (χ3n) is 5.17. The minimum atomic E-state index is -1.02. The van der Waals surface area contributed by atoms with Gasteiger partial charge in [-0.1, -0.05) is 30.3 Å². The van der Waals surface area contributed by atoms with Gasteiger partial charge in [0, 0.05) is 41.5 Å². The Hall–Kier alpha value is -4.30. The standard InChI is InChI=1S/C27H26N2O6/c1-18-7-8-25(24-6-4-3-5-23(18)24)35-20-9-10-28-26(16-20)29-19-13-21(32-2)15-22(14-19)34-12-11-33-17-27(30)31/h3-10,13-16H,11-12,17H2,1-2H3,(H,28,29)(H,30,31). The number of fused-ring (bicyclic) bond motifs is 1. The van der Waals surface area contributed by atoms with Crippen LogP contribution in [-0.2, 0) is 9.53 Å². The highest BCUT2D eigenvalue weighted by Gasteiger charge is 2.08. The van der Waals surface area contributed by atoms with Crippen molar-refractivity contribution in [1.29, 1.82) is 0 Å². The van der Waals surface area contributed by atoms with Crippen LogP contribution in [0.1, 0.15) is 5.56 Å². The maximum atomic E-state index is 10.5. The highest BCUT2D eigenvalue weighted by molar-refractivity contribution is 5.91. The Balaban J connectivity index is 1.47. The molecule has 1 aromatic heterocycles. The Bertz CT molecular complexity index is 1320. The van der Waals surface area contributed by atoms with Crippen LogP contribution in [0.5, 0.6) is 23.0 Å². The molecular weight excluding hydrogens is 448 g/mol. The maximum Gasteiger partial charge on any atom is 0.329 e. The molecule has 0 radical (unpaired) electrons. The van der Waals surface area contributed by atoms with Gasteiger partial charge in [-0.2, -0.15) is 0 Å². The van der Waals surface area contributed by atoms with Gasteiger partial charge in [-0.15, -0.1) is 0 Å². The van der Waals surface area contributed by atoms with Crippen molar-refractivity contribution in [3.05, 3.63) is 78.5 Å². The fourth-order valence-corrected chi connectivity index (χ4v) is 3.55. The predicted molar refractivity (Wildman–Crippen MR) is 133 cm³/mol. The van der Waals surface area contributed by atoms with E-state index in [-0.39, 0.29) is 19.8 Å². The van der Waals surface area contributed by atoms with E-state index in [4.69, 9.17) is 24.1 Å². The first-order valence-corrected chi connectivity index (χ1v) is 11.0. The predicted octanol–water partition coefficient (Wildman–Crippen LogP) is 5.57. The summed E-state index contributed by atoms with van der Waals surface area (Å²) in [5.74, 6) is 2.12. The third-order valence-corrected chi connectivity index (χ3v) is 5.17. The van der Waals surface area contributed by atoms with Gasteiger partial charge in [0.25, 0.3) is 0 Å². The van der Waals surface area contributed by atoms with Crippen LogP contribution < -0.4 is 19.5 Å². The molecule has 0 saturated carbocycles. The summed E-state index contributed by atoms with van der Waals surface area (Å²) in [4.78, 5) is 14.9. The average Bonchev–Trinajstić information content (AvgIpc) is 2.85. The van der Waals surface area contributed by atoms with E-state index in [9.17, 15) is 4.79 Å². The molecule has 8 heteroatoms. The van der Waals surface area contributed by atoms with Gasteiger partial charge in [-0.3, -0.25) is 0 Å². The maximum absolute atomic E-state index is 10.5. The number of rotatable bonds is 11. The van der Waals surface area contributed by atoms with E-state index in [0.717, 1.165) is 16.5 Å². The smallest absolute Gasteiger partial charge is 0.329 e. The molecule has 0 aliphatic rings. The van der Waals surface area contributed by atoms with Crippen molar-refractivity contribution >= 4 is 28.2 Å². The molecule has 0 atom stereocenters. The lowest BCUT2D eigenvalue weighted by Crippen LogP contribution is -2.12. The number of nitrogens with one attached hydrogen (secondary N) is 1. The van der Waals surface area contributed by atoms with E-state index in [1.807, 2.05) is 42.5 Å². The summed E-state index contributed by atoms with van der Waals surface area (Å²) in [7, 11) is 1.57. The summed E-state index contributed by atoms with van der Waals surface area (Å²) in [6.07, 6.45) is 1.67. The number of carbonyl (C=O) groups is 1. The van der Waals surface area contributed by atoms with Crippen molar-refractivity contribution in [2.75, 3.05) is 32.2 Å². The van der Waals surface area contributed by atoms with Crippen LogP contribution in [0, 0.1) is 6.92 Å². The zero-order valence-electron chi connectivity index (χ0n) is 19.5. The molecular formula is C27H26N2O6. The molecule has 0 amide bonds.